The van der Waals surface area contributed by atoms with Crippen molar-refractivity contribution in [2.45, 2.75) is 26.7 Å². The van der Waals surface area contributed by atoms with E-state index < -0.39 is 5.82 Å². The molecule has 23 heavy (non-hydrogen) atoms. The molecule has 0 saturated carbocycles. The molecule has 122 valence electrons. The molecule has 6 nitrogen and oxygen atoms in total. The lowest BCUT2D eigenvalue weighted by Gasteiger charge is -2.32. The van der Waals surface area contributed by atoms with Gasteiger partial charge in [0.2, 0.25) is 5.82 Å². The van der Waals surface area contributed by atoms with E-state index in [-0.39, 0.29) is 5.88 Å². The van der Waals surface area contributed by atoms with Crippen LogP contribution >= 0.6 is 0 Å². The number of nitrogens with zero attached hydrogens (tertiary/aromatic N) is 5. The van der Waals surface area contributed by atoms with E-state index in [1.54, 1.807) is 26.4 Å². The van der Waals surface area contributed by atoms with Crippen molar-refractivity contribution in [2.24, 2.45) is 5.92 Å². The summed E-state index contributed by atoms with van der Waals surface area (Å²) in [7, 11) is 0. The summed E-state index contributed by atoms with van der Waals surface area (Å²) in [6, 6.07) is 1.92. The van der Waals surface area contributed by atoms with Crippen LogP contribution in [0, 0.1) is 25.6 Å². The Morgan fingerprint density at radius 1 is 1.26 bits per heavy atom. The van der Waals surface area contributed by atoms with Crippen molar-refractivity contribution in [3.05, 3.63) is 35.9 Å². The molecule has 0 bridgehead atoms. The van der Waals surface area contributed by atoms with Crippen LogP contribution in [0.4, 0.5) is 10.2 Å². The van der Waals surface area contributed by atoms with E-state index in [1.807, 2.05) is 6.07 Å². The molecule has 0 aromatic carbocycles. The van der Waals surface area contributed by atoms with E-state index in [1.165, 1.54) is 0 Å². The minimum atomic E-state index is -0.464. The molecule has 0 aliphatic carbocycles. The number of ether oxygens (including phenoxy) is 1. The van der Waals surface area contributed by atoms with Gasteiger partial charge in [0.05, 0.1) is 12.3 Å². The lowest BCUT2D eigenvalue weighted by Crippen LogP contribution is -2.36. The molecule has 0 amide bonds. The lowest BCUT2D eigenvalue weighted by atomic mass is 9.98. The maximum Gasteiger partial charge on any atom is 0.254 e. The van der Waals surface area contributed by atoms with Gasteiger partial charge in [0.25, 0.3) is 5.88 Å². The summed E-state index contributed by atoms with van der Waals surface area (Å²) >= 11 is 0. The predicted octanol–water partition coefficient (Wildman–Crippen LogP) is 2.32. The van der Waals surface area contributed by atoms with Crippen LogP contribution < -0.4 is 9.64 Å². The van der Waals surface area contributed by atoms with Crippen molar-refractivity contribution < 1.29 is 9.13 Å². The summed E-state index contributed by atoms with van der Waals surface area (Å²) in [6.45, 7) is 5.66. The van der Waals surface area contributed by atoms with E-state index in [0.717, 1.165) is 31.7 Å². The Morgan fingerprint density at radius 2 is 2.04 bits per heavy atom. The molecule has 2 aromatic rings. The van der Waals surface area contributed by atoms with Gasteiger partial charge in [-0.05, 0) is 38.7 Å². The maximum absolute atomic E-state index is 13.9. The van der Waals surface area contributed by atoms with Crippen LogP contribution in [0.3, 0.4) is 0 Å². The Morgan fingerprint density at radius 3 is 2.74 bits per heavy atom. The van der Waals surface area contributed by atoms with Crippen LogP contribution in [0.5, 0.6) is 5.88 Å². The Balaban J connectivity index is 1.54. The Labute approximate surface area is 134 Å². The Kier molecular flexibility index (Phi) is 4.64. The minimum Gasteiger partial charge on any atom is -0.475 e. The number of hydrogen-bond donors (Lipinski definition) is 0. The van der Waals surface area contributed by atoms with Gasteiger partial charge in [-0.2, -0.15) is 9.37 Å². The van der Waals surface area contributed by atoms with Gasteiger partial charge in [-0.3, -0.25) is 0 Å². The third-order valence-electron chi connectivity index (χ3n) is 4.06. The van der Waals surface area contributed by atoms with Gasteiger partial charge >= 0.3 is 0 Å². The number of rotatable bonds is 4. The molecule has 0 atom stereocenters. The van der Waals surface area contributed by atoms with Gasteiger partial charge in [0, 0.05) is 19.3 Å². The SMILES string of the molecule is Cc1nc(C)c(F)c(OCC2CCN(c3ccncn3)CC2)n1. The average Bonchev–Trinajstić information content (AvgIpc) is 2.58. The molecule has 3 rings (SSSR count). The summed E-state index contributed by atoms with van der Waals surface area (Å²) in [4.78, 5) is 18.5. The first-order valence-electron chi connectivity index (χ1n) is 7.78. The number of halogens is 1. The first-order valence-corrected chi connectivity index (χ1v) is 7.78. The first-order chi connectivity index (χ1) is 11.1. The van der Waals surface area contributed by atoms with Crippen molar-refractivity contribution in [2.75, 3.05) is 24.6 Å². The number of piperidine rings is 1. The second-order valence-electron chi connectivity index (χ2n) is 5.78. The van der Waals surface area contributed by atoms with Crippen LogP contribution in [-0.2, 0) is 0 Å². The van der Waals surface area contributed by atoms with Crippen LogP contribution in [0.2, 0.25) is 0 Å². The topological polar surface area (TPSA) is 64.0 Å². The van der Waals surface area contributed by atoms with E-state index in [2.05, 4.69) is 24.8 Å². The van der Waals surface area contributed by atoms with Gasteiger partial charge in [-0.25, -0.2) is 15.0 Å². The van der Waals surface area contributed by atoms with Crippen molar-refractivity contribution in [1.82, 2.24) is 19.9 Å². The summed E-state index contributed by atoms with van der Waals surface area (Å²) in [5.41, 5.74) is 0.325. The highest BCUT2D eigenvalue weighted by Gasteiger charge is 2.21. The Bertz CT molecular complexity index is 659. The quantitative estimate of drug-likeness (QED) is 0.862. The standard InChI is InChI=1S/C16H20FN5O/c1-11-15(17)16(21-12(2)20-11)23-9-13-4-7-22(8-5-13)14-3-6-18-10-19-14/h3,6,10,13H,4-5,7-9H2,1-2H3. The molecular weight excluding hydrogens is 297 g/mol. The summed E-state index contributed by atoms with van der Waals surface area (Å²) < 4.78 is 19.6. The zero-order valence-electron chi connectivity index (χ0n) is 13.4. The largest absolute Gasteiger partial charge is 0.475 e. The fourth-order valence-corrected chi connectivity index (χ4v) is 2.76. The van der Waals surface area contributed by atoms with Crippen molar-refractivity contribution >= 4 is 5.82 Å². The number of aromatic nitrogens is 4. The lowest BCUT2D eigenvalue weighted by molar-refractivity contribution is 0.206. The van der Waals surface area contributed by atoms with Gasteiger partial charge < -0.3 is 9.64 Å². The van der Waals surface area contributed by atoms with E-state index in [0.29, 0.717) is 24.0 Å². The Hall–Kier alpha value is -2.31. The zero-order valence-corrected chi connectivity index (χ0v) is 13.4. The zero-order chi connectivity index (χ0) is 16.2. The smallest absolute Gasteiger partial charge is 0.254 e. The molecular formula is C16H20FN5O. The average molecular weight is 317 g/mol. The summed E-state index contributed by atoms with van der Waals surface area (Å²) in [5.74, 6) is 1.47. The van der Waals surface area contributed by atoms with Crippen molar-refractivity contribution in [3.8, 4) is 5.88 Å². The van der Waals surface area contributed by atoms with Crippen LogP contribution in [0.25, 0.3) is 0 Å². The van der Waals surface area contributed by atoms with Gasteiger partial charge in [0.1, 0.15) is 18.0 Å². The monoisotopic (exact) mass is 317 g/mol. The molecule has 0 N–H and O–H groups in total. The van der Waals surface area contributed by atoms with Gasteiger partial charge in [0.15, 0.2) is 0 Å². The fraction of sp³-hybridized carbons (Fsp3) is 0.500. The summed E-state index contributed by atoms with van der Waals surface area (Å²) in [6.07, 6.45) is 5.27. The normalized spacial score (nSPS) is 15.7. The second kappa shape index (κ2) is 6.85. The number of aryl methyl sites for hydroxylation is 2. The molecule has 1 fully saturated rings. The summed E-state index contributed by atoms with van der Waals surface area (Å²) in [5, 5.41) is 0. The fourth-order valence-electron chi connectivity index (χ4n) is 2.76. The minimum absolute atomic E-state index is 0.0632. The molecule has 7 heteroatoms. The molecule has 1 aliphatic heterocycles. The molecule has 3 heterocycles. The van der Waals surface area contributed by atoms with Gasteiger partial charge in [-0.1, -0.05) is 0 Å². The predicted molar refractivity (Wildman–Crippen MR) is 83.9 cm³/mol. The van der Waals surface area contributed by atoms with E-state index in [9.17, 15) is 4.39 Å². The molecule has 0 unspecified atom stereocenters. The third-order valence-corrected chi connectivity index (χ3v) is 4.06. The van der Waals surface area contributed by atoms with E-state index in [4.69, 9.17) is 4.74 Å². The van der Waals surface area contributed by atoms with Gasteiger partial charge in [-0.15, -0.1) is 0 Å². The highest BCUT2D eigenvalue weighted by Crippen LogP contribution is 2.23. The highest BCUT2D eigenvalue weighted by atomic mass is 19.1. The van der Waals surface area contributed by atoms with Crippen molar-refractivity contribution in [1.29, 1.82) is 0 Å². The van der Waals surface area contributed by atoms with Crippen LogP contribution in [0.1, 0.15) is 24.4 Å². The number of anilines is 1. The van der Waals surface area contributed by atoms with Crippen LogP contribution in [0.15, 0.2) is 18.6 Å². The molecule has 0 radical (unpaired) electrons. The second-order valence-corrected chi connectivity index (χ2v) is 5.78. The molecule has 1 aliphatic rings. The third kappa shape index (κ3) is 3.72. The number of hydrogen-bond acceptors (Lipinski definition) is 6. The maximum atomic E-state index is 13.9. The highest BCUT2D eigenvalue weighted by molar-refractivity contribution is 5.36. The van der Waals surface area contributed by atoms with Crippen LogP contribution in [-0.4, -0.2) is 39.6 Å². The molecule has 0 spiro atoms. The molecule has 2 aromatic heterocycles. The first kappa shape index (κ1) is 15.6. The molecule has 1 saturated heterocycles. The van der Waals surface area contributed by atoms with E-state index >= 15 is 0 Å². The van der Waals surface area contributed by atoms with Crippen molar-refractivity contribution in [3.63, 3.8) is 0 Å².